The van der Waals surface area contributed by atoms with E-state index in [0.29, 0.717) is 10.9 Å². The van der Waals surface area contributed by atoms with Crippen molar-refractivity contribution in [3.05, 3.63) is 36.0 Å². The quantitative estimate of drug-likeness (QED) is 0.0961. The lowest BCUT2D eigenvalue weighted by Crippen LogP contribution is -2.58. The first-order valence-corrected chi connectivity index (χ1v) is 12.5. The maximum Gasteiger partial charge on any atom is 0.326 e. The molecule has 1 aromatic heterocycles. The lowest BCUT2D eigenvalue weighted by molar-refractivity contribution is -0.143. The van der Waals surface area contributed by atoms with Crippen LogP contribution < -0.4 is 33.2 Å². The highest BCUT2D eigenvalue weighted by molar-refractivity contribution is 5.96. The van der Waals surface area contributed by atoms with Gasteiger partial charge in [0, 0.05) is 36.4 Å². The molecule has 1 heterocycles. The number of hydrogen-bond acceptors (Lipinski definition) is 8. The minimum atomic E-state index is -1.69. The first-order valence-electron chi connectivity index (χ1n) is 12.5. The molecule has 0 fully saturated rings. The molecular formula is C25H33N7O9. The van der Waals surface area contributed by atoms with Crippen molar-refractivity contribution < 1.29 is 43.8 Å². The van der Waals surface area contributed by atoms with E-state index >= 15 is 0 Å². The molecule has 4 unspecified atom stereocenters. The zero-order valence-electron chi connectivity index (χ0n) is 21.9. The van der Waals surface area contributed by atoms with Crippen LogP contribution in [0.25, 0.3) is 10.9 Å². The summed E-state index contributed by atoms with van der Waals surface area (Å²) in [4.78, 5) is 87.1. The van der Waals surface area contributed by atoms with Gasteiger partial charge in [0.2, 0.25) is 29.5 Å². The molecule has 16 nitrogen and oxygen atoms in total. The molecule has 0 aliphatic carbocycles. The van der Waals surface area contributed by atoms with Crippen LogP contribution in [-0.4, -0.2) is 80.8 Å². The molecule has 1 aromatic carbocycles. The molecule has 2 aromatic rings. The Morgan fingerprint density at radius 3 is 2.00 bits per heavy atom. The van der Waals surface area contributed by atoms with Gasteiger partial charge in [0.1, 0.15) is 18.1 Å². The van der Waals surface area contributed by atoms with Gasteiger partial charge in [-0.1, -0.05) is 18.2 Å². The summed E-state index contributed by atoms with van der Waals surface area (Å²) in [6, 6.07) is 1.25. The molecule has 41 heavy (non-hydrogen) atoms. The summed E-state index contributed by atoms with van der Waals surface area (Å²) in [7, 11) is 0. The Balaban J connectivity index is 2.32. The van der Waals surface area contributed by atoms with E-state index in [9.17, 15) is 38.7 Å². The topological polar surface area (TPSA) is 290 Å². The number of H-pyrrole nitrogens is 1. The second-order valence-electron chi connectivity index (χ2n) is 9.30. The zero-order valence-corrected chi connectivity index (χ0v) is 21.9. The molecule has 0 saturated heterocycles. The molecule has 12 N–H and O–H groups in total. The molecular weight excluding hydrogens is 542 g/mol. The Bertz CT molecular complexity index is 1310. The van der Waals surface area contributed by atoms with Gasteiger partial charge in [0.05, 0.1) is 12.5 Å². The van der Waals surface area contributed by atoms with E-state index in [4.69, 9.17) is 22.3 Å². The number of rotatable bonds is 17. The number of carboxylic acids is 2. The van der Waals surface area contributed by atoms with Crippen LogP contribution in [0.2, 0.25) is 0 Å². The zero-order chi connectivity index (χ0) is 30.7. The van der Waals surface area contributed by atoms with Gasteiger partial charge in [-0.15, -0.1) is 0 Å². The number of aromatic amines is 1. The fourth-order valence-corrected chi connectivity index (χ4v) is 3.92. The summed E-state index contributed by atoms with van der Waals surface area (Å²) in [5.74, 6) is -7.27. The van der Waals surface area contributed by atoms with Crippen LogP contribution >= 0.6 is 0 Å². The number of hydrogen-bond donors (Lipinski definition) is 9. The second kappa shape index (κ2) is 15.0. The van der Waals surface area contributed by atoms with Crippen LogP contribution in [0.4, 0.5) is 0 Å². The van der Waals surface area contributed by atoms with E-state index < -0.39 is 78.5 Å². The van der Waals surface area contributed by atoms with E-state index in [1.165, 1.54) is 0 Å². The summed E-state index contributed by atoms with van der Waals surface area (Å²) >= 11 is 0. The van der Waals surface area contributed by atoms with Gasteiger partial charge in [0.15, 0.2) is 0 Å². The first kappa shape index (κ1) is 32.2. The maximum atomic E-state index is 13.3. The van der Waals surface area contributed by atoms with Crippen molar-refractivity contribution in [3.63, 3.8) is 0 Å². The molecule has 5 amide bonds. The Morgan fingerprint density at radius 1 is 0.780 bits per heavy atom. The molecule has 0 radical (unpaired) electrons. The van der Waals surface area contributed by atoms with Crippen molar-refractivity contribution in [1.82, 2.24) is 20.9 Å². The molecule has 0 spiro atoms. The van der Waals surface area contributed by atoms with Crippen LogP contribution in [0.3, 0.4) is 0 Å². The van der Waals surface area contributed by atoms with Crippen molar-refractivity contribution in [2.24, 2.45) is 17.2 Å². The maximum absolute atomic E-state index is 13.3. The lowest BCUT2D eigenvalue weighted by atomic mass is 10.0. The molecule has 222 valence electrons. The average Bonchev–Trinajstić information content (AvgIpc) is 3.30. The summed E-state index contributed by atoms with van der Waals surface area (Å²) in [6.07, 6.45) is -0.516. The minimum absolute atomic E-state index is 0.129. The Labute approximate surface area is 233 Å². The molecule has 4 atom stereocenters. The number of nitrogens with one attached hydrogen (secondary N) is 4. The number of carbonyl (C=O) groups excluding carboxylic acids is 5. The number of primary amides is 2. The second-order valence-corrected chi connectivity index (χ2v) is 9.30. The van der Waals surface area contributed by atoms with Crippen molar-refractivity contribution >= 4 is 52.4 Å². The van der Waals surface area contributed by atoms with E-state index in [2.05, 4.69) is 20.9 Å². The Kier molecular flexibility index (Phi) is 11.8. The molecule has 0 saturated carbocycles. The van der Waals surface area contributed by atoms with Crippen LogP contribution in [0.15, 0.2) is 30.5 Å². The molecule has 0 aliphatic rings. The van der Waals surface area contributed by atoms with Gasteiger partial charge in [-0.05, 0) is 24.5 Å². The third kappa shape index (κ3) is 10.2. The van der Waals surface area contributed by atoms with E-state index in [0.717, 1.165) is 5.52 Å². The van der Waals surface area contributed by atoms with Crippen LogP contribution in [0.5, 0.6) is 0 Å². The standard InChI is InChI=1S/C25H33N7O9/c26-14(5-7-19(27)33)22(37)30-16(6-8-21(35)36)23(38)31-17(24(39)32-18(25(40)41)10-20(28)34)9-12-11-29-15-4-2-1-3-13(12)15/h1-4,11,14,16-18,29H,5-10,26H2,(H2,27,33)(H2,28,34)(H,30,37)(H,31,38)(H,32,39)(H,35,36)(H,40,41). The van der Waals surface area contributed by atoms with Crippen molar-refractivity contribution in [3.8, 4) is 0 Å². The first-order chi connectivity index (χ1) is 19.3. The monoisotopic (exact) mass is 575 g/mol. The number of aliphatic carboxylic acids is 2. The Hall–Kier alpha value is -4.99. The lowest BCUT2D eigenvalue weighted by Gasteiger charge is -2.25. The van der Waals surface area contributed by atoms with Crippen LogP contribution in [-0.2, 0) is 40.0 Å². The highest BCUT2D eigenvalue weighted by Crippen LogP contribution is 2.19. The van der Waals surface area contributed by atoms with Crippen molar-refractivity contribution in [2.45, 2.75) is 62.7 Å². The van der Waals surface area contributed by atoms with E-state index in [1.807, 2.05) is 0 Å². The van der Waals surface area contributed by atoms with Crippen molar-refractivity contribution in [2.75, 3.05) is 0 Å². The number of aromatic nitrogens is 1. The molecule has 0 aliphatic heterocycles. The number of carboxylic acid groups (broad SMARTS) is 2. The number of amides is 5. The number of para-hydroxylation sites is 1. The van der Waals surface area contributed by atoms with Gasteiger partial charge in [-0.25, -0.2) is 4.79 Å². The molecule has 0 bridgehead atoms. The highest BCUT2D eigenvalue weighted by atomic mass is 16.4. The number of fused-ring (bicyclic) bond motifs is 1. The predicted octanol–water partition coefficient (Wildman–Crippen LogP) is -2.42. The number of benzene rings is 1. The van der Waals surface area contributed by atoms with Gasteiger partial charge >= 0.3 is 11.9 Å². The summed E-state index contributed by atoms with van der Waals surface area (Å²) in [5.41, 5.74) is 17.2. The summed E-state index contributed by atoms with van der Waals surface area (Å²) < 4.78 is 0. The van der Waals surface area contributed by atoms with Gasteiger partial charge in [-0.3, -0.25) is 28.8 Å². The Morgan fingerprint density at radius 2 is 1.39 bits per heavy atom. The summed E-state index contributed by atoms with van der Waals surface area (Å²) in [6.45, 7) is 0. The molecule has 16 heteroatoms. The number of carbonyl (C=O) groups is 7. The smallest absolute Gasteiger partial charge is 0.326 e. The number of nitrogens with two attached hydrogens (primary N) is 3. The fraction of sp³-hybridized carbons (Fsp3) is 0.400. The van der Waals surface area contributed by atoms with Gasteiger partial charge in [-0.2, -0.15) is 0 Å². The van der Waals surface area contributed by atoms with E-state index in [-0.39, 0.29) is 25.7 Å². The average molecular weight is 576 g/mol. The predicted molar refractivity (Wildman–Crippen MR) is 143 cm³/mol. The SMILES string of the molecule is NC(=O)CCC(N)C(=O)NC(CCC(=O)O)C(=O)NC(Cc1c[nH]c2ccccc12)C(=O)NC(CC(N)=O)C(=O)O. The van der Waals surface area contributed by atoms with E-state index in [1.54, 1.807) is 30.5 Å². The summed E-state index contributed by atoms with van der Waals surface area (Å²) in [5, 5.41) is 26.2. The fourth-order valence-electron chi connectivity index (χ4n) is 3.92. The van der Waals surface area contributed by atoms with Gasteiger partial charge in [0.25, 0.3) is 0 Å². The van der Waals surface area contributed by atoms with Gasteiger partial charge < -0.3 is 48.3 Å². The van der Waals surface area contributed by atoms with Crippen LogP contribution in [0, 0.1) is 0 Å². The van der Waals surface area contributed by atoms with Crippen LogP contribution in [0.1, 0.15) is 37.7 Å². The highest BCUT2D eigenvalue weighted by Gasteiger charge is 2.32. The third-order valence-electron chi connectivity index (χ3n) is 6.07. The minimum Gasteiger partial charge on any atom is -0.481 e. The van der Waals surface area contributed by atoms with Crippen molar-refractivity contribution in [1.29, 1.82) is 0 Å². The third-order valence-corrected chi connectivity index (χ3v) is 6.07. The largest absolute Gasteiger partial charge is 0.481 e. The normalized spacial score (nSPS) is 13.8. The molecule has 2 rings (SSSR count).